The molecular weight excluding hydrogens is 220 g/mol. The normalized spacial score (nSPS) is 20.1. The minimum absolute atomic E-state index is 0.0193. The van der Waals surface area contributed by atoms with Gasteiger partial charge in [0.2, 0.25) is 0 Å². The maximum atomic E-state index is 6.38. The Bertz CT molecular complexity index is 420. The van der Waals surface area contributed by atoms with Crippen molar-refractivity contribution < 1.29 is 0 Å². The van der Waals surface area contributed by atoms with E-state index >= 15 is 0 Å². The van der Waals surface area contributed by atoms with E-state index in [2.05, 4.69) is 51.1 Å². The molecule has 2 rings (SSSR count). The molecule has 0 aromatic heterocycles. The quantitative estimate of drug-likeness (QED) is 0.626. The van der Waals surface area contributed by atoms with Crippen LogP contribution >= 0.6 is 0 Å². The molecule has 98 valence electrons. The van der Waals surface area contributed by atoms with Crippen LogP contribution in [0.5, 0.6) is 0 Å². The molecule has 1 aliphatic rings. The predicted octanol–water partition coefficient (Wildman–Crippen LogP) is 3.65. The van der Waals surface area contributed by atoms with Gasteiger partial charge in [0.25, 0.3) is 0 Å². The van der Waals surface area contributed by atoms with E-state index in [1.807, 2.05) is 0 Å². The third-order valence-corrected chi connectivity index (χ3v) is 3.73. The van der Waals surface area contributed by atoms with Gasteiger partial charge in [0.15, 0.2) is 0 Å². The summed E-state index contributed by atoms with van der Waals surface area (Å²) in [6.07, 6.45) is 4.75. The Balaban J connectivity index is 2.43. The van der Waals surface area contributed by atoms with Crippen molar-refractivity contribution in [2.75, 3.05) is 0 Å². The zero-order chi connectivity index (χ0) is 13.2. The third kappa shape index (κ3) is 2.58. The summed E-state index contributed by atoms with van der Waals surface area (Å²) in [5, 5.41) is 0. The first-order chi connectivity index (χ1) is 8.44. The maximum Gasteiger partial charge on any atom is 0.105 e. The van der Waals surface area contributed by atoms with Crippen molar-refractivity contribution in [3.05, 3.63) is 35.9 Å². The number of rotatable bonds is 2. The average molecular weight is 244 g/mol. The van der Waals surface area contributed by atoms with E-state index in [0.29, 0.717) is 0 Å². The van der Waals surface area contributed by atoms with Crippen LogP contribution in [0.25, 0.3) is 0 Å². The van der Waals surface area contributed by atoms with Crippen LogP contribution in [-0.4, -0.2) is 11.4 Å². The van der Waals surface area contributed by atoms with Crippen molar-refractivity contribution in [1.82, 2.24) is 0 Å². The molecule has 0 radical (unpaired) electrons. The number of hydrogen-bond acceptors (Lipinski definition) is 1. The number of nitrogens with two attached hydrogens (primary N) is 1. The number of amidine groups is 1. The summed E-state index contributed by atoms with van der Waals surface area (Å²) >= 11 is 0. The van der Waals surface area contributed by atoms with Gasteiger partial charge < -0.3 is 5.73 Å². The van der Waals surface area contributed by atoms with E-state index in [1.54, 1.807) is 0 Å². The first kappa shape index (κ1) is 13.1. The molecule has 1 aromatic carbocycles. The second kappa shape index (κ2) is 4.75. The summed E-state index contributed by atoms with van der Waals surface area (Å²) in [5.41, 5.74) is 7.59. The van der Waals surface area contributed by atoms with Crippen molar-refractivity contribution in [1.29, 1.82) is 0 Å². The lowest BCUT2D eigenvalue weighted by molar-refractivity contribution is 0.543. The van der Waals surface area contributed by atoms with Gasteiger partial charge in [-0.2, -0.15) is 0 Å². The van der Waals surface area contributed by atoms with Crippen LogP contribution in [0.1, 0.15) is 52.0 Å². The summed E-state index contributed by atoms with van der Waals surface area (Å²) in [4.78, 5) is 4.73. The average Bonchev–Trinajstić information content (AvgIpc) is 2.78. The Kier molecular flexibility index (Phi) is 3.47. The van der Waals surface area contributed by atoms with Gasteiger partial charge in [0.1, 0.15) is 5.84 Å². The second-order valence-corrected chi connectivity index (χ2v) is 6.32. The second-order valence-electron chi connectivity index (χ2n) is 6.32. The molecule has 2 nitrogen and oxygen atoms in total. The van der Waals surface area contributed by atoms with Gasteiger partial charge in [-0.3, -0.25) is 4.99 Å². The molecule has 0 atom stereocenters. The molecule has 1 aromatic rings. The van der Waals surface area contributed by atoms with Crippen molar-refractivity contribution >= 4 is 5.84 Å². The van der Waals surface area contributed by atoms with Crippen LogP contribution in [-0.2, 0) is 5.41 Å². The number of nitrogens with zero attached hydrogens (tertiary/aromatic N) is 1. The van der Waals surface area contributed by atoms with Gasteiger partial charge >= 0.3 is 0 Å². The van der Waals surface area contributed by atoms with Gasteiger partial charge in [-0.1, -0.05) is 43.2 Å². The fourth-order valence-corrected chi connectivity index (χ4v) is 2.90. The summed E-state index contributed by atoms with van der Waals surface area (Å²) in [5.74, 6) is 0.818. The Morgan fingerprint density at radius 2 is 1.67 bits per heavy atom. The zero-order valence-corrected chi connectivity index (χ0v) is 11.7. The molecule has 2 N–H and O–H groups in total. The Hall–Kier alpha value is -1.31. The van der Waals surface area contributed by atoms with Crippen LogP contribution in [0.15, 0.2) is 35.3 Å². The highest BCUT2D eigenvalue weighted by molar-refractivity contribution is 5.92. The van der Waals surface area contributed by atoms with Crippen LogP contribution in [0, 0.1) is 0 Å². The Labute approximate surface area is 110 Å². The molecule has 0 bridgehead atoms. The van der Waals surface area contributed by atoms with Gasteiger partial charge in [0.05, 0.1) is 11.0 Å². The summed E-state index contributed by atoms with van der Waals surface area (Å²) in [6.45, 7) is 6.31. The maximum absolute atomic E-state index is 6.38. The fraction of sp³-hybridized carbons (Fsp3) is 0.562. The molecule has 0 unspecified atom stereocenters. The summed E-state index contributed by atoms with van der Waals surface area (Å²) in [7, 11) is 0. The molecular formula is C16H24N2. The summed E-state index contributed by atoms with van der Waals surface area (Å²) < 4.78 is 0. The van der Waals surface area contributed by atoms with Gasteiger partial charge in [0, 0.05) is 0 Å². The van der Waals surface area contributed by atoms with E-state index in [-0.39, 0.29) is 11.0 Å². The highest BCUT2D eigenvalue weighted by Crippen LogP contribution is 2.41. The molecule has 0 saturated heterocycles. The van der Waals surface area contributed by atoms with Crippen LogP contribution in [0.2, 0.25) is 0 Å². The summed E-state index contributed by atoms with van der Waals surface area (Å²) in [6, 6.07) is 10.6. The van der Waals surface area contributed by atoms with Crippen molar-refractivity contribution in [2.24, 2.45) is 10.7 Å². The van der Waals surface area contributed by atoms with Crippen LogP contribution in [0.4, 0.5) is 0 Å². The predicted molar refractivity (Wildman–Crippen MR) is 78.0 cm³/mol. The lowest BCUT2D eigenvalue weighted by atomic mass is 9.77. The third-order valence-electron chi connectivity index (χ3n) is 3.73. The molecule has 1 aliphatic carbocycles. The smallest absolute Gasteiger partial charge is 0.105 e. The van der Waals surface area contributed by atoms with Gasteiger partial charge in [-0.25, -0.2) is 0 Å². The molecule has 0 amide bonds. The molecule has 1 fully saturated rings. The van der Waals surface area contributed by atoms with E-state index in [4.69, 9.17) is 10.7 Å². The van der Waals surface area contributed by atoms with E-state index < -0.39 is 0 Å². The Morgan fingerprint density at radius 3 is 2.17 bits per heavy atom. The van der Waals surface area contributed by atoms with Crippen LogP contribution in [0.3, 0.4) is 0 Å². The largest absolute Gasteiger partial charge is 0.387 e. The molecule has 0 heterocycles. The first-order valence-corrected chi connectivity index (χ1v) is 6.85. The highest BCUT2D eigenvalue weighted by Gasteiger charge is 2.39. The van der Waals surface area contributed by atoms with Gasteiger partial charge in [-0.05, 0) is 39.2 Å². The molecule has 2 heteroatoms. The van der Waals surface area contributed by atoms with E-state index in [1.165, 1.54) is 18.4 Å². The molecule has 18 heavy (non-hydrogen) atoms. The SMILES string of the molecule is CC(C)(C)N=C(N)C1(c2ccccc2)CCCC1. The molecule has 0 spiro atoms. The monoisotopic (exact) mass is 244 g/mol. The zero-order valence-electron chi connectivity index (χ0n) is 11.7. The van der Waals surface area contributed by atoms with E-state index in [0.717, 1.165) is 18.7 Å². The molecule has 1 saturated carbocycles. The molecule has 0 aliphatic heterocycles. The topological polar surface area (TPSA) is 38.4 Å². The minimum atomic E-state index is -0.103. The van der Waals surface area contributed by atoms with Crippen LogP contribution < -0.4 is 5.73 Å². The van der Waals surface area contributed by atoms with Crippen molar-refractivity contribution in [3.63, 3.8) is 0 Å². The van der Waals surface area contributed by atoms with Gasteiger partial charge in [-0.15, -0.1) is 0 Å². The van der Waals surface area contributed by atoms with Crippen molar-refractivity contribution in [3.8, 4) is 0 Å². The van der Waals surface area contributed by atoms with E-state index in [9.17, 15) is 0 Å². The lowest BCUT2D eigenvalue weighted by Crippen LogP contribution is -2.40. The number of hydrogen-bond donors (Lipinski definition) is 1. The first-order valence-electron chi connectivity index (χ1n) is 6.85. The Morgan fingerprint density at radius 1 is 1.11 bits per heavy atom. The highest BCUT2D eigenvalue weighted by atomic mass is 14.9. The standard InChI is InChI=1S/C16H24N2/c1-15(2,3)18-14(17)16(11-7-8-12-16)13-9-5-4-6-10-13/h4-6,9-10H,7-8,11-12H2,1-3H3,(H2,17,18). The number of aliphatic imine (C=N–C) groups is 1. The minimum Gasteiger partial charge on any atom is -0.387 e. The lowest BCUT2D eigenvalue weighted by Gasteiger charge is -2.31. The number of benzene rings is 1. The fourth-order valence-electron chi connectivity index (χ4n) is 2.90. The van der Waals surface area contributed by atoms with Crippen molar-refractivity contribution in [2.45, 2.75) is 57.4 Å².